The number of aliphatic hydroxyl groups is 1. The number of aryl methyl sites for hydroxylation is 1. The Hall–Kier alpha value is -1.80. The zero-order valence-corrected chi connectivity index (χ0v) is 18.7. The molecule has 0 radical (unpaired) electrons. The Labute approximate surface area is 179 Å². The number of nitrogens with one attached hydrogen (secondary N) is 2. The van der Waals surface area contributed by atoms with Gasteiger partial charge in [-0.25, -0.2) is 0 Å². The summed E-state index contributed by atoms with van der Waals surface area (Å²) >= 11 is 0. The lowest BCUT2D eigenvalue weighted by molar-refractivity contribution is 0.187. The van der Waals surface area contributed by atoms with Crippen LogP contribution in [-0.4, -0.2) is 31.3 Å². The molecule has 2 aromatic carbocycles. The van der Waals surface area contributed by atoms with E-state index in [-0.39, 0.29) is 36.6 Å². The maximum absolute atomic E-state index is 10.4. The number of rotatable bonds is 7. The molecular formula is C21H30IN3O2. The molecule has 0 fully saturated rings. The fourth-order valence-electron chi connectivity index (χ4n) is 2.78. The number of ether oxygens (including phenoxy) is 1. The van der Waals surface area contributed by atoms with Crippen LogP contribution in [0.5, 0.6) is 5.75 Å². The van der Waals surface area contributed by atoms with E-state index in [1.165, 1.54) is 11.1 Å². The van der Waals surface area contributed by atoms with Crippen molar-refractivity contribution in [3.8, 4) is 5.75 Å². The van der Waals surface area contributed by atoms with Crippen LogP contribution in [0, 0.1) is 6.92 Å². The van der Waals surface area contributed by atoms with Crippen LogP contribution in [0.15, 0.2) is 53.5 Å². The second-order valence-corrected chi connectivity index (χ2v) is 6.23. The average molecular weight is 483 g/mol. The summed E-state index contributed by atoms with van der Waals surface area (Å²) in [5, 5.41) is 17.0. The molecule has 0 bridgehead atoms. The largest absolute Gasteiger partial charge is 0.497 e. The summed E-state index contributed by atoms with van der Waals surface area (Å²) in [7, 11) is 1.62. The number of hydrogen-bond donors (Lipinski definition) is 3. The van der Waals surface area contributed by atoms with Crippen LogP contribution < -0.4 is 15.4 Å². The summed E-state index contributed by atoms with van der Waals surface area (Å²) in [5.74, 6) is 1.46. The van der Waals surface area contributed by atoms with Crippen molar-refractivity contribution in [1.82, 2.24) is 10.6 Å². The lowest BCUT2D eigenvalue weighted by Crippen LogP contribution is -2.39. The quantitative estimate of drug-likeness (QED) is 0.317. The van der Waals surface area contributed by atoms with Crippen molar-refractivity contribution in [3.05, 3.63) is 65.2 Å². The maximum atomic E-state index is 10.4. The van der Waals surface area contributed by atoms with Crippen LogP contribution in [0.2, 0.25) is 0 Å². The van der Waals surface area contributed by atoms with Gasteiger partial charge in [-0.3, -0.25) is 4.99 Å². The highest BCUT2D eigenvalue weighted by Crippen LogP contribution is 2.18. The summed E-state index contributed by atoms with van der Waals surface area (Å²) in [6, 6.07) is 15.8. The van der Waals surface area contributed by atoms with Gasteiger partial charge in [-0.05, 0) is 49.6 Å². The van der Waals surface area contributed by atoms with E-state index in [0.29, 0.717) is 5.96 Å². The van der Waals surface area contributed by atoms with Gasteiger partial charge in [0.15, 0.2) is 5.96 Å². The van der Waals surface area contributed by atoms with E-state index in [9.17, 15) is 5.11 Å². The Morgan fingerprint density at radius 2 is 1.81 bits per heavy atom. The molecule has 2 aromatic rings. The molecule has 3 N–H and O–H groups in total. The SMILES string of the molecule is CCNC(=NCC(O)c1ccc(OC)cc1)NC(C)c1ccccc1C.I. The second kappa shape index (κ2) is 11.8. The molecule has 148 valence electrons. The minimum atomic E-state index is -0.662. The molecule has 0 aliphatic heterocycles. The van der Waals surface area contributed by atoms with Crippen molar-refractivity contribution in [2.75, 3.05) is 20.2 Å². The van der Waals surface area contributed by atoms with E-state index in [1.54, 1.807) is 7.11 Å². The Bertz CT molecular complexity index is 720. The van der Waals surface area contributed by atoms with Crippen molar-refractivity contribution < 1.29 is 9.84 Å². The topological polar surface area (TPSA) is 65.9 Å². The molecule has 0 aliphatic carbocycles. The van der Waals surface area contributed by atoms with E-state index in [1.807, 2.05) is 43.3 Å². The number of halogens is 1. The third-order valence-electron chi connectivity index (χ3n) is 4.28. The van der Waals surface area contributed by atoms with Gasteiger partial charge >= 0.3 is 0 Å². The van der Waals surface area contributed by atoms with Gasteiger partial charge < -0.3 is 20.5 Å². The highest BCUT2D eigenvalue weighted by atomic mass is 127. The lowest BCUT2D eigenvalue weighted by Gasteiger charge is -2.20. The molecule has 2 rings (SSSR count). The molecule has 5 nitrogen and oxygen atoms in total. The monoisotopic (exact) mass is 483 g/mol. The van der Waals surface area contributed by atoms with Gasteiger partial charge in [0.05, 0.1) is 25.8 Å². The first-order valence-corrected chi connectivity index (χ1v) is 8.97. The molecule has 0 spiro atoms. The van der Waals surface area contributed by atoms with Gasteiger partial charge in [0, 0.05) is 6.54 Å². The molecule has 0 saturated carbocycles. The van der Waals surface area contributed by atoms with Crippen LogP contribution in [0.3, 0.4) is 0 Å². The maximum Gasteiger partial charge on any atom is 0.191 e. The van der Waals surface area contributed by atoms with Crippen LogP contribution >= 0.6 is 24.0 Å². The first kappa shape index (κ1) is 23.2. The standard InChI is InChI=1S/C21H29N3O2.HI/c1-5-22-21(24-16(3)19-9-7-6-8-15(19)2)23-14-20(25)17-10-12-18(26-4)13-11-17;/h6-13,16,20,25H,5,14H2,1-4H3,(H2,22,23,24);1H. The number of benzene rings is 2. The minimum Gasteiger partial charge on any atom is -0.497 e. The fourth-order valence-corrected chi connectivity index (χ4v) is 2.78. The second-order valence-electron chi connectivity index (χ2n) is 6.23. The van der Waals surface area contributed by atoms with Crippen molar-refractivity contribution >= 4 is 29.9 Å². The number of hydrogen-bond acceptors (Lipinski definition) is 3. The molecule has 0 amide bonds. The summed E-state index contributed by atoms with van der Waals surface area (Å²) < 4.78 is 5.15. The van der Waals surface area contributed by atoms with Crippen molar-refractivity contribution in [1.29, 1.82) is 0 Å². The van der Waals surface area contributed by atoms with E-state index in [4.69, 9.17) is 4.74 Å². The molecule has 6 heteroatoms. The van der Waals surface area contributed by atoms with Crippen LogP contribution in [0.25, 0.3) is 0 Å². The molecule has 2 atom stereocenters. The Kier molecular flexibility index (Phi) is 10.2. The molecule has 0 saturated heterocycles. The van der Waals surface area contributed by atoms with Crippen LogP contribution in [0.4, 0.5) is 0 Å². The molecule has 0 aromatic heterocycles. The Morgan fingerprint density at radius 1 is 1.15 bits per heavy atom. The zero-order chi connectivity index (χ0) is 18.9. The van der Waals surface area contributed by atoms with E-state index in [2.05, 4.69) is 41.6 Å². The average Bonchev–Trinajstić information content (AvgIpc) is 2.66. The zero-order valence-electron chi connectivity index (χ0n) is 16.4. The number of aliphatic hydroxyl groups excluding tert-OH is 1. The van der Waals surface area contributed by atoms with Crippen LogP contribution in [-0.2, 0) is 0 Å². The van der Waals surface area contributed by atoms with Gasteiger partial charge in [-0.2, -0.15) is 0 Å². The van der Waals surface area contributed by atoms with Crippen molar-refractivity contribution in [3.63, 3.8) is 0 Å². The van der Waals surface area contributed by atoms with Crippen molar-refractivity contribution in [2.45, 2.75) is 32.9 Å². The number of aliphatic imine (C=N–C) groups is 1. The van der Waals surface area contributed by atoms with E-state index in [0.717, 1.165) is 17.9 Å². The molecule has 27 heavy (non-hydrogen) atoms. The van der Waals surface area contributed by atoms with Crippen LogP contribution in [0.1, 0.15) is 42.7 Å². The number of nitrogens with zero attached hydrogens (tertiary/aromatic N) is 1. The fraction of sp³-hybridized carbons (Fsp3) is 0.381. The van der Waals surface area contributed by atoms with Gasteiger partial charge in [0.1, 0.15) is 5.75 Å². The normalized spacial score (nSPS) is 13.3. The summed E-state index contributed by atoms with van der Waals surface area (Å²) in [4.78, 5) is 4.54. The Balaban J connectivity index is 0.00000364. The molecule has 2 unspecified atom stereocenters. The van der Waals surface area contributed by atoms with Gasteiger partial charge in [-0.15, -0.1) is 24.0 Å². The van der Waals surface area contributed by atoms with Gasteiger partial charge in [0.2, 0.25) is 0 Å². The minimum absolute atomic E-state index is 0. The molecular weight excluding hydrogens is 453 g/mol. The predicted molar refractivity (Wildman–Crippen MR) is 122 cm³/mol. The first-order chi connectivity index (χ1) is 12.5. The smallest absolute Gasteiger partial charge is 0.191 e. The molecule has 0 aliphatic rings. The third kappa shape index (κ3) is 7.03. The van der Waals surface area contributed by atoms with E-state index < -0.39 is 6.10 Å². The molecule has 0 heterocycles. The van der Waals surface area contributed by atoms with E-state index >= 15 is 0 Å². The third-order valence-corrected chi connectivity index (χ3v) is 4.28. The summed E-state index contributed by atoms with van der Waals surface area (Å²) in [5.41, 5.74) is 3.28. The van der Waals surface area contributed by atoms with Crippen molar-refractivity contribution in [2.24, 2.45) is 4.99 Å². The predicted octanol–water partition coefficient (Wildman–Crippen LogP) is 3.97. The number of methoxy groups -OCH3 is 1. The van der Waals surface area contributed by atoms with Gasteiger partial charge in [-0.1, -0.05) is 36.4 Å². The lowest BCUT2D eigenvalue weighted by atomic mass is 10.0. The summed E-state index contributed by atoms with van der Waals surface area (Å²) in [6.45, 7) is 7.27. The highest BCUT2D eigenvalue weighted by molar-refractivity contribution is 14.0. The highest BCUT2D eigenvalue weighted by Gasteiger charge is 2.11. The van der Waals surface area contributed by atoms with Gasteiger partial charge in [0.25, 0.3) is 0 Å². The summed E-state index contributed by atoms with van der Waals surface area (Å²) in [6.07, 6.45) is -0.662. The first-order valence-electron chi connectivity index (χ1n) is 8.97. The Morgan fingerprint density at radius 3 is 2.41 bits per heavy atom. The number of guanidine groups is 1.